The lowest BCUT2D eigenvalue weighted by atomic mass is 10.1. The Morgan fingerprint density at radius 2 is 2.44 bits per heavy atom. The van der Waals surface area contributed by atoms with E-state index in [2.05, 4.69) is 5.32 Å². The average Bonchev–Trinajstić information content (AvgIpc) is 2.61. The van der Waals surface area contributed by atoms with Gasteiger partial charge in [0.05, 0.1) is 11.8 Å². The summed E-state index contributed by atoms with van der Waals surface area (Å²) < 4.78 is 0.690. The predicted octanol–water partition coefficient (Wildman–Crippen LogP) is 1.22. The second-order valence-corrected chi connectivity index (χ2v) is 6.54. The molecule has 0 aromatic rings. The molecule has 2 heterocycles. The molecule has 0 saturated carbocycles. The van der Waals surface area contributed by atoms with Gasteiger partial charge in [0, 0.05) is 11.4 Å². The highest BCUT2D eigenvalue weighted by Gasteiger charge is 2.47. The fourth-order valence-corrected chi connectivity index (χ4v) is 3.60. The summed E-state index contributed by atoms with van der Waals surface area (Å²) in [4.78, 5) is 24.7. The van der Waals surface area contributed by atoms with Crippen molar-refractivity contribution in [2.45, 2.75) is 18.2 Å². The van der Waals surface area contributed by atoms with Crippen molar-refractivity contribution in [1.29, 1.82) is 0 Å². The first-order chi connectivity index (χ1) is 8.54. The van der Waals surface area contributed by atoms with E-state index in [1.54, 1.807) is 0 Å². The second kappa shape index (κ2) is 5.50. The Kier molecular flexibility index (Phi) is 4.18. The molecular formula is C10H12N2O3S3. The summed E-state index contributed by atoms with van der Waals surface area (Å²) in [7, 11) is 0. The number of thioether (sulfide) groups is 2. The number of nitrogens with one attached hydrogen (secondary N) is 1. The van der Waals surface area contributed by atoms with E-state index in [9.17, 15) is 9.59 Å². The van der Waals surface area contributed by atoms with E-state index >= 15 is 0 Å². The maximum absolute atomic E-state index is 11.4. The summed E-state index contributed by atoms with van der Waals surface area (Å²) in [5, 5.41) is 12.2. The van der Waals surface area contributed by atoms with Crippen LogP contribution >= 0.6 is 35.7 Å². The van der Waals surface area contributed by atoms with Crippen molar-refractivity contribution in [1.82, 2.24) is 10.2 Å². The monoisotopic (exact) mass is 304 g/mol. The fraction of sp³-hybridized carbons (Fsp3) is 0.500. The third-order valence-electron chi connectivity index (χ3n) is 2.70. The van der Waals surface area contributed by atoms with Crippen LogP contribution in [-0.4, -0.2) is 44.4 Å². The van der Waals surface area contributed by atoms with Crippen molar-refractivity contribution >= 4 is 51.9 Å². The molecule has 2 aliphatic heterocycles. The van der Waals surface area contributed by atoms with Crippen LogP contribution in [0.1, 0.15) is 12.8 Å². The van der Waals surface area contributed by atoms with E-state index in [1.165, 1.54) is 28.4 Å². The molecule has 8 heteroatoms. The number of β-lactam (4-membered cyclic amide) rings is 1. The number of nitrogens with zero attached hydrogens (tertiary/aromatic N) is 1. The molecule has 18 heavy (non-hydrogen) atoms. The maximum atomic E-state index is 11.4. The number of carboxylic acid groups (broad SMARTS) is 1. The number of carboxylic acids is 1. The molecule has 2 rings (SSSR count). The van der Waals surface area contributed by atoms with Gasteiger partial charge in [0.2, 0.25) is 5.91 Å². The Hall–Kier alpha value is -0.730. The largest absolute Gasteiger partial charge is 0.477 e. The van der Waals surface area contributed by atoms with Crippen LogP contribution in [0.25, 0.3) is 0 Å². The molecule has 1 fully saturated rings. The SMILES string of the molecule is CSC(=S)NCCC1=C(C(=O)O)N2C(=O)C[C@H]2S1. The van der Waals surface area contributed by atoms with Crippen LogP contribution in [0.3, 0.4) is 0 Å². The lowest BCUT2D eigenvalue weighted by Crippen LogP contribution is -2.48. The minimum atomic E-state index is -1.03. The lowest BCUT2D eigenvalue weighted by Gasteiger charge is -2.33. The zero-order valence-electron chi connectivity index (χ0n) is 9.63. The third-order valence-corrected chi connectivity index (χ3v) is 5.19. The summed E-state index contributed by atoms with van der Waals surface area (Å²) in [5.74, 6) is -1.13. The molecule has 2 N–H and O–H groups in total. The molecule has 98 valence electrons. The van der Waals surface area contributed by atoms with Gasteiger partial charge in [0.1, 0.15) is 10.0 Å². The lowest BCUT2D eigenvalue weighted by molar-refractivity contribution is -0.145. The van der Waals surface area contributed by atoms with Gasteiger partial charge < -0.3 is 10.4 Å². The normalized spacial score (nSPS) is 21.7. The number of rotatable bonds is 4. The number of thiocarbonyl (C=S) groups is 1. The minimum absolute atomic E-state index is 0.00824. The minimum Gasteiger partial charge on any atom is -0.477 e. The van der Waals surface area contributed by atoms with Crippen molar-refractivity contribution in [2.24, 2.45) is 0 Å². The molecule has 2 aliphatic rings. The quantitative estimate of drug-likeness (QED) is 0.597. The Balaban J connectivity index is 2.00. The van der Waals surface area contributed by atoms with Crippen molar-refractivity contribution in [3.8, 4) is 0 Å². The van der Waals surface area contributed by atoms with Crippen LogP contribution in [0.5, 0.6) is 0 Å². The van der Waals surface area contributed by atoms with E-state index in [1.807, 2.05) is 6.26 Å². The third kappa shape index (κ3) is 2.50. The number of amides is 1. The summed E-state index contributed by atoms with van der Waals surface area (Å²) >= 11 is 7.92. The van der Waals surface area contributed by atoms with Crippen LogP contribution in [0.15, 0.2) is 10.6 Å². The van der Waals surface area contributed by atoms with E-state index < -0.39 is 5.97 Å². The maximum Gasteiger partial charge on any atom is 0.353 e. The van der Waals surface area contributed by atoms with Gasteiger partial charge in [-0.15, -0.1) is 23.5 Å². The van der Waals surface area contributed by atoms with Crippen LogP contribution in [0, 0.1) is 0 Å². The molecule has 0 aromatic carbocycles. The molecule has 0 spiro atoms. The molecule has 5 nitrogen and oxygen atoms in total. The van der Waals surface area contributed by atoms with Gasteiger partial charge in [0.25, 0.3) is 0 Å². The Morgan fingerprint density at radius 3 is 3.00 bits per heavy atom. The van der Waals surface area contributed by atoms with E-state index in [0.717, 1.165) is 4.91 Å². The summed E-state index contributed by atoms with van der Waals surface area (Å²) in [6.07, 6.45) is 2.89. The van der Waals surface area contributed by atoms with Crippen molar-refractivity contribution < 1.29 is 14.7 Å². The predicted molar refractivity (Wildman–Crippen MR) is 76.2 cm³/mol. The molecule has 1 saturated heterocycles. The van der Waals surface area contributed by atoms with E-state index in [4.69, 9.17) is 17.3 Å². The fourth-order valence-electron chi connectivity index (χ4n) is 1.85. The topological polar surface area (TPSA) is 69.6 Å². The molecule has 1 amide bonds. The first kappa shape index (κ1) is 13.7. The van der Waals surface area contributed by atoms with Gasteiger partial charge in [-0.1, -0.05) is 12.2 Å². The number of aliphatic carboxylic acids is 1. The van der Waals surface area contributed by atoms with Gasteiger partial charge >= 0.3 is 5.97 Å². The first-order valence-electron chi connectivity index (χ1n) is 5.31. The van der Waals surface area contributed by atoms with Crippen molar-refractivity contribution in [3.63, 3.8) is 0 Å². The number of hydrogen-bond donors (Lipinski definition) is 2. The smallest absolute Gasteiger partial charge is 0.353 e. The summed E-state index contributed by atoms with van der Waals surface area (Å²) in [6.45, 7) is 0.591. The van der Waals surface area contributed by atoms with Gasteiger partial charge in [0.15, 0.2) is 0 Å². The van der Waals surface area contributed by atoms with E-state index in [-0.39, 0.29) is 17.0 Å². The average molecular weight is 304 g/mol. The molecule has 0 aromatic heterocycles. The molecule has 0 bridgehead atoms. The molecule has 1 atom stereocenters. The van der Waals surface area contributed by atoms with Crippen molar-refractivity contribution in [2.75, 3.05) is 12.8 Å². The molecular weight excluding hydrogens is 292 g/mol. The highest BCUT2D eigenvalue weighted by atomic mass is 32.2. The molecule has 0 unspecified atom stereocenters. The van der Waals surface area contributed by atoms with Gasteiger partial charge in [-0.05, 0) is 12.7 Å². The number of carbonyl (C=O) groups is 2. The van der Waals surface area contributed by atoms with Crippen LogP contribution in [0.4, 0.5) is 0 Å². The number of hydrogen-bond acceptors (Lipinski definition) is 5. The Labute approximate surface area is 118 Å². The highest BCUT2D eigenvalue weighted by Crippen LogP contribution is 2.47. The first-order valence-corrected chi connectivity index (χ1v) is 7.83. The van der Waals surface area contributed by atoms with Crippen LogP contribution in [-0.2, 0) is 9.59 Å². The zero-order chi connectivity index (χ0) is 13.3. The van der Waals surface area contributed by atoms with Crippen LogP contribution < -0.4 is 5.32 Å². The van der Waals surface area contributed by atoms with E-state index in [0.29, 0.717) is 23.7 Å². The summed E-state index contributed by atoms with van der Waals surface area (Å²) in [6, 6.07) is 0. The highest BCUT2D eigenvalue weighted by molar-refractivity contribution is 8.22. The standard InChI is InChI=1S/C10H12N2O3S3/c1-17-10(16)11-3-2-5-8(9(14)15)12-6(13)4-7(12)18-5/h7H,2-4H2,1H3,(H,11,16)(H,14,15)/t7-/m1/s1. The summed E-state index contributed by atoms with van der Waals surface area (Å²) in [5.41, 5.74) is 0.151. The zero-order valence-corrected chi connectivity index (χ0v) is 12.1. The molecule has 0 radical (unpaired) electrons. The Bertz CT molecular complexity index is 450. The van der Waals surface area contributed by atoms with Crippen molar-refractivity contribution in [3.05, 3.63) is 10.6 Å². The number of carbonyl (C=O) groups excluding carboxylic acids is 1. The Morgan fingerprint density at radius 1 is 1.72 bits per heavy atom. The second-order valence-electron chi connectivity index (χ2n) is 3.79. The van der Waals surface area contributed by atoms with Crippen LogP contribution in [0.2, 0.25) is 0 Å². The van der Waals surface area contributed by atoms with Gasteiger partial charge in [-0.3, -0.25) is 9.69 Å². The number of fused-ring (bicyclic) bond motifs is 1. The molecule has 0 aliphatic carbocycles. The van der Waals surface area contributed by atoms with Gasteiger partial charge in [-0.2, -0.15) is 0 Å². The van der Waals surface area contributed by atoms with Gasteiger partial charge in [-0.25, -0.2) is 4.79 Å².